The second-order valence-corrected chi connectivity index (χ2v) is 6.54. The van der Waals surface area contributed by atoms with Crippen LogP contribution in [0.1, 0.15) is 26.3 Å². The fourth-order valence-corrected chi connectivity index (χ4v) is 1.13. The van der Waals surface area contributed by atoms with Gasteiger partial charge in [0.2, 0.25) is 0 Å². The number of quaternary nitrogens is 2. The maximum atomic E-state index is 2.20. The Morgan fingerprint density at radius 3 is 1.37 bits per heavy atom. The van der Waals surface area contributed by atoms with Crippen LogP contribution in [0.15, 0.2) is 30.3 Å². The van der Waals surface area contributed by atoms with E-state index in [1.54, 1.807) is 0 Å². The van der Waals surface area contributed by atoms with E-state index >= 15 is 0 Å². The summed E-state index contributed by atoms with van der Waals surface area (Å²) in [5, 5.41) is 0. The Balaban J connectivity index is 0. The number of nitrogens with zero attached hydrogens (tertiary/aromatic N) is 2. The van der Waals surface area contributed by atoms with Crippen LogP contribution >= 0.6 is 0 Å². The van der Waals surface area contributed by atoms with E-state index in [1.165, 1.54) is 12.1 Å². The van der Waals surface area contributed by atoms with E-state index in [4.69, 9.17) is 0 Å². The average Bonchev–Trinajstić information content (AvgIpc) is 2.31. The molecule has 0 N–H and O–H groups in total. The van der Waals surface area contributed by atoms with Crippen LogP contribution in [0.5, 0.6) is 0 Å². The van der Waals surface area contributed by atoms with E-state index < -0.39 is 0 Å². The zero-order valence-corrected chi connectivity index (χ0v) is 14.7. The molecule has 0 aliphatic heterocycles. The molecule has 0 aliphatic carbocycles. The number of rotatable bonds is 3. The second-order valence-electron chi connectivity index (χ2n) is 6.54. The van der Waals surface area contributed by atoms with E-state index in [2.05, 4.69) is 79.5 Å². The molecule has 0 amide bonds. The first-order valence-electron chi connectivity index (χ1n) is 7.29. The molecule has 0 unspecified atom stereocenters. The Kier molecular flexibility index (Phi) is 10.8. The molecule has 0 saturated heterocycles. The fraction of sp³-hybridized carbons (Fsp3) is 0.647. The van der Waals surface area contributed by atoms with Gasteiger partial charge >= 0.3 is 0 Å². The minimum absolute atomic E-state index is 0.990. The molecule has 1 aromatic carbocycles. The van der Waals surface area contributed by atoms with Crippen molar-refractivity contribution in [3.05, 3.63) is 35.9 Å². The summed E-state index contributed by atoms with van der Waals surface area (Å²) in [6.45, 7) is 8.49. The standard InChI is InChI=1S/C10H16N.C5H14N.C2H6/c1-11(2,3)9-10-7-5-4-6-8-10;1-5-6(2,3)4;1-2/h4-8H,9H2,1-3H3;5H2,1-4H3;1-2H3/q2*+1;. The predicted octanol–water partition coefficient (Wildman–Crippen LogP) is 3.63. The van der Waals surface area contributed by atoms with Crippen LogP contribution in [0.3, 0.4) is 0 Å². The van der Waals surface area contributed by atoms with Crippen LogP contribution in [0.4, 0.5) is 0 Å². The molecule has 0 heterocycles. The van der Waals surface area contributed by atoms with Gasteiger partial charge in [0.05, 0.1) is 48.8 Å². The molecule has 0 fully saturated rings. The Hall–Kier alpha value is -0.860. The third-order valence-corrected chi connectivity index (χ3v) is 2.45. The van der Waals surface area contributed by atoms with E-state index in [0.29, 0.717) is 0 Å². The summed E-state index contributed by atoms with van der Waals surface area (Å²) in [7, 11) is 13.1. The van der Waals surface area contributed by atoms with Crippen molar-refractivity contribution in [1.29, 1.82) is 0 Å². The smallest absolute Gasteiger partial charge is 0.104 e. The summed E-state index contributed by atoms with van der Waals surface area (Å²) in [5.41, 5.74) is 1.40. The molecule has 112 valence electrons. The summed E-state index contributed by atoms with van der Waals surface area (Å²) < 4.78 is 2.06. The van der Waals surface area contributed by atoms with Crippen molar-refractivity contribution in [3.8, 4) is 0 Å². The van der Waals surface area contributed by atoms with Gasteiger partial charge in [-0.1, -0.05) is 44.2 Å². The van der Waals surface area contributed by atoms with Gasteiger partial charge in [-0.2, -0.15) is 0 Å². The summed E-state index contributed by atoms with van der Waals surface area (Å²) in [6, 6.07) is 10.6. The van der Waals surface area contributed by atoms with Gasteiger partial charge in [-0.25, -0.2) is 0 Å². The molecule has 0 atom stereocenters. The Bertz CT molecular complexity index is 291. The lowest BCUT2D eigenvalue weighted by atomic mass is 10.2. The molecule has 1 rings (SSSR count). The molecule has 0 spiro atoms. The SMILES string of the molecule is CC.CC[N+](C)(C)C.C[N+](C)(C)Cc1ccccc1. The van der Waals surface area contributed by atoms with E-state index in [9.17, 15) is 0 Å². The van der Waals surface area contributed by atoms with Gasteiger partial charge in [-0.05, 0) is 6.92 Å². The Labute approximate surface area is 121 Å². The molecule has 1 aromatic rings. The van der Waals surface area contributed by atoms with Gasteiger partial charge in [0.15, 0.2) is 0 Å². The van der Waals surface area contributed by atoms with Gasteiger partial charge in [0.25, 0.3) is 0 Å². The first-order valence-corrected chi connectivity index (χ1v) is 7.29. The highest BCUT2D eigenvalue weighted by atomic mass is 15.3. The van der Waals surface area contributed by atoms with Gasteiger partial charge in [-0.3, -0.25) is 0 Å². The zero-order valence-electron chi connectivity index (χ0n) is 14.7. The number of hydrogen-bond donors (Lipinski definition) is 0. The molecule has 0 aromatic heterocycles. The average molecular weight is 268 g/mol. The van der Waals surface area contributed by atoms with Gasteiger partial charge < -0.3 is 8.97 Å². The molecule has 19 heavy (non-hydrogen) atoms. The highest BCUT2D eigenvalue weighted by Gasteiger charge is 2.06. The van der Waals surface area contributed by atoms with Gasteiger partial charge in [0.1, 0.15) is 6.54 Å². The van der Waals surface area contributed by atoms with Crippen LogP contribution in [-0.4, -0.2) is 57.8 Å². The molecule has 2 nitrogen and oxygen atoms in total. The lowest BCUT2D eigenvalue weighted by Gasteiger charge is -2.23. The van der Waals surface area contributed by atoms with Gasteiger partial charge in [0, 0.05) is 5.56 Å². The molecule has 2 heteroatoms. The third kappa shape index (κ3) is 17.1. The minimum atomic E-state index is 0.990. The summed E-state index contributed by atoms with van der Waals surface area (Å²) in [4.78, 5) is 0. The first kappa shape index (κ1) is 20.5. The second kappa shape index (κ2) is 9.99. The van der Waals surface area contributed by atoms with Crippen molar-refractivity contribution in [1.82, 2.24) is 0 Å². The fourth-order valence-electron chi connectivity index (χ4n) is 1.13. The highest BCUT2D eigenvalue weighted by Crippen LogP contribution is 2.05. The van der Waals surface area contributed by atoms with Crippen molar-refractivity contribution in [2.75, 3.05) is 48.8 Å². The highest BCUT2D eigenvalue weighted by molar-refractivity contribution is 5.13. The normalized spacial score (nSPS) is 10.8. The van der Waals surface area contributed by atoms with Crippen molar-refractivity contribution in [2.45, 2.75) is 27.3 Å². The third-order valence-electron chi connectivity index (χ3n) is 2.45. The van der Waals surface area contributed by atoms with Crippen molar-refractivity contribution >= 4 is 0 Å². The van der Waals surface area contributed by atoms with Crippen LogP contribution in [0.2, 0.25) is 0 Å². The first-order chi connectivity index (χ1) is 8.64. The monoisotopic (exact) mass is 268 g/mol. The van der Waals surface area contributed by atoms with Gasteiger partial charge in [-0.15, -0.1) is 0 Å². The van der Waals surface area contributed by atoms with Crippen molar-refractivity contribution in [3.63, 3.8) is 0 Å². The topological polar surface area (TPSA) is 0 Å². The van der Waals surface area contributed by atoms with Crippen LogP contribution in [0, 0.1) is 0 Å². The lowest BCUT2D eigenvalue weighted by molar-refractivity contribution is -0.884. The summed E-state index contributed by atoms with van der Waals surface area (Å²) in [5.74, 6) is 0. The van der Waals surface area contributed by atoms with Crippen molar-refractivity contribution in [2.24, 2.45) is 0 Å². The quantitative estimate of drug-likeness (QED) is 0.734. The molecular weight excluding hydrogens is 232 g/mol. The molecule has 0 aliphatic rings. The largest absolute Gasteiger partial charge is 0.331 e. The maximum Gasteiger partial charge on any atom is 0.104 e. The zero-order chi connectivity index (χ0) is 15.5. The van der Waals surface area contributed by atoms with Crippen LogP contribution in [-0.2, 0) is 6.54 Å². The summed E-state index contributed by atoms with van der Waals surface area (Å²) >= 11 is 0. The number of hydrogen-bond acceptors (Lipinski definition) is 0. The Morgan fingerprint density at radius 2 is 1.11 bits per heavy atom. The molecule has 0 bridgehead atoms. The summed E-state index contributed by atoms with van der Waals surface area (Å²) in [6.07, 6.45) is 0. The van der Waals surface area contributed by atoms with Crippen molar-refractivity contribution < 1.29 is 8.97 Å². The van der Waals surface area contributed by atoms with Crippen LogP contribution < -0.4 is 0 Å². The van der Waals surface area contributed by atoms with E-state index in [-0.39, 0.29) is 0 Å². The Morgan fingerprint density at radius 1 is 0.737 bits per heavy atom. The molecular formula is C17H36N2+2. The van der Waals surface area contributed by atoms with Crippen LogP contribution in [0.25, 0.3) is 0 Å². The molecule has 0 radical (unpaired) electrons. The van der Waals surface area contributed by atoms with E-state index in [0.717, 1.165) is 15.5 Å². The minimum Gasteiger partial charge on any atom is -0.331 e. The van der Waals surface area contributed by atoms with E-state index in [1.807, 2.05) is 13.8 Å². The predicted molar refractivity (Wildman–Crippen MR) is 88.1 cm³/mol. The lowest BCUT2D eigenvalue weighted by Crippen LogP contribution is -2.33. The molecule has 0 saturated carbocycles. The number of benzene rings is 1. The maximum absolute atomic E-state index is 2.20.